The molecule has 44 heavy (non-hydrogen) atoms. The van der Waals surface area contributed by atoms with Crippen LogP contribution in [0.5, 0.6) is 5.75 Å². The van der Waals surface area contributed by atoms with E-state index in [0.717, 1.165) is 18.4 Å². The summed E-state index contributed by atoms with van der Waals surface area (Å²) in [4.78, 5) is 17.0. The molecule has 1 saturated heterocycles. The van der Waals surface area contributed by atoms with Crippen molar-refractivity contribution >= 4 is 33.3 Å². The Hall–Kier alpha value is -4.63. The zero-order valence-corrected chi connectivity index (χ0v) is 24.2. The highest BCUT2D eigenvalue weighted by molar-refractivity contribution is 7.93. The first kappa shape index (κ1) is 30.8. The lowest BCUT2D eigenvalue weighted by Crippen LogP contribution is -2.21. The van der Waals surface area contributed by atoms with Crippen molar-refractivity contribution in [1.82, 2.24) is 15.2 Å². The molecule has 11 nitrogen and oxygen atoms in total. The molecule has 2 aromatic carbocycles. The molecule has 0 saturated carbocycles. The van der Waals surface area contributed by atoms with Crippen molar-refractivity contribution in [3.05, 3.63) is 83.3 Å². The van der Waals surface area contributed by atoms with Crippen molar-refractivity contribution in [1.29, 1.82) is 0 Å². The first-order valence-electron chi connectivity index (χ1n) is 13.6. The summed E-state index contributed by atoms with van der Waals surface area (Å²) < 4.78 is 76.9. The number of rotatable bonds is 11. The standard InChI is InChI=1S/C29H29F3N6O5S/c1-16(17-2-6-21(30)7-3-17)43-23-14-19(4-8-22(23)38-44(40,41)29(31)32)26-25(27(33)39)28(37-36-26)35-24-9-5-20(15-34-24)18-10-12-42-13-11-18/h2-9,14-16,18,29,38H,10-13H2,1H3,(H2,33,39)(H2,34,35,36,37)/t16-/m0/s1. The van der Waals surface area contributed by atoms with E-state index in [1.54, 1.807) is 19.2 Å². The minimum atomic E-state index is -5.05. The number of hydrogen-bond donors (Lipinski definition) is 4. The predicted molar refractivity (Wildman–Crippen MR) is 157 cm³/mol. The van der Waals surface area contributed by atoms with E-state index in [2.05, 4.69) is 20.5 Å². The molecule has 0 unspecified atom stereocenters. The van der Waals surface area contributed by atoms with Crippen molar-refractivity contribution in [3.8, 4) is 17.0 Å². The van der Waals surface area contributed by atoms with Gasteiger partial charge in [0.2, 0.25) is 0 Å². The maximum atomic E-state index is 13.4. The van der Waals surface area contributed by atoms with Gasteiger partial charge in [0, 0.05) is 25.0 Å². The number of hydrogen-bond acceptors (Lipinski definition) is 8. The quantitative estimate of drug-likeness (QED) is 0.170. The van der Waals surface area contributed by atoms with E-state index in [0.29, 0.717) is 30.5 Å². The molecular weight excluding hydrogens is 601 g/mol. The third-order valence-electron chi connectivity index (χ3n) is 7.13. The highest BCUT2D eigenvalue weighted by Crippen LogP contribution is 2.37. The molecule has 0 aliphatic carbocycles. The number of amides is 1. The zero-order valence-electron chi connectivity index (χ0n) is 23.4. The van der Waals surface area contributed by atoms with E-state index in [1.165, 1.54) is 42.5 Å². The SMILES string of the molecule is C[C@H](Oc1cc(-c2n[nH]c(Nc3ccc(C4CCOCC4)cn3)c2C(N)=O)ccc1NS(=O)(=O)C(F)F)c1ccc(F)cc1. The number of primary amides is 1. The zero-order chi connectivity index (χ0) is 31.4. The fourth-order valence-electron chi connectivity index (χ4n) is 4.80. The summed E-state index contributed by atoms with van der Waals surface area (Å²) in [6.07, 6.45) is 2.80. The van der Waals surface area contributed by atoms with Gasteiger partial charge in [-0.25, -0.2) is 17.8 Å². The molecule has 1 fully saturated rings. The topological polar surface area (TPSA) is 161 Å². The molecule has 4 aromatic rings. The largest absolute Gasteiger partial charge is 0.484 e. The Morgan fingerprint density at radius 3 is 2.48 bits per heavy atom. The summed E-state index contributed by atoms with van der Waals surface area (Å²) >= 11 is 0. The molecule has 0 bridgehead atoms. The van der Waals surface area contributed by atoms with Gasteiger partial charge in [0.1, 0.15) is 40.6 Å². The second-order valence-electron chi connectivity index (χ2n) is 10.1. The number of sulfonamides is 1. The molecule has 5 rings (SSSR count). The molecule has 0 radical (unpaired) electrons. The average Bonchev–Trinajstić information content (AvgIpc) is 3.43. The lowest BCUT2D eigenvalue weighted by atomic mass is 9.93. The molecular formula is C29H29F3N6O5S. The minimum Gasteiger partial charge on any atom is -0.484 e. The summed E-state index contributed by atoms with van der Waals surface area (Å²) in [5, 5.41) is 9.97. The van der Waals surface area contributed by atoms with Crippen LogP contribution < -0.4 is 20.5 Å². The fraction of sp³-hybridized carbons (Fsp3) is 0.276. The van der Waals surface area contributed by atoms with Gasteiger partial charge in [0.25, 0.3) is 15.9 Å². The Morgan fingerprint density at radius 1 is 1.11 bits per heavy atom. The number of H-pyrrole nitrogens is 1. The number of benzene rings is 2. The van der Waals surface area contributed by atoms with Gasteiger partial charge < -0.3 is 20.5 Å². The smallest absolute Gasteiger partial charge is 0.355 e. The van der Waals surface area contributed by atoms with Crippen molar-refractivity contribution in [2.45, 2.75) is 37.5 Å². The Bertz CT molecular complexity index is 1730. The summed E-state index contributed by atoms with van der Waals surface area (Å²) in [6, 6.07) is 13.0. The first-order valence-corrected chi connectivity index (χ1v) is 15.1. The molecule has 5 N–H and O–H groups in total. The number of nitrogens with zero attached hydrogens (tertiary/aromatic N) is 2. The molecule has 0 spiro atoms. The van der Waals surface area contributed by atoms with Crippen molar-refractivity contribution in [2.24, 2.45) is 5.73 Å². The number of ether oxygens (including phenoxy) is 2. The monoisotopic (exact) mass is 630 g/mol. The Kier molecular flexibility index (Phi) is 9.06. The fourth-order valence-corrected chi connectivity index (χ4v) is 5.37. The summed E-state index contributed by atoms with van der Waals surface area (Å²) in [5.74, 6) is -4.23. The van der Waals surface area contributed by atoms with Crippen LogP contribution >= 0.6 is 0 Å². The number of anilines is 3. The van der Waals surface area contributed by atoms with Gasteiger partial charge in [-0.05, 0) is 67.1 Å². The highest BCUT2D eigenvalue weighted by Gasteiger charge is 2.27. The van der Waals surface area contributed by atoms with E-state index >= 15 is 0 Å². The van der Waals surface area contributed by atoms with Crippen molar-refractivity contribution < 1.29 is 35.9 Å². The number of nitrogens with one attached hydrogen (secondary N) is 3. The molecule has 15 heteroatoms. The third kappa shape index (κ3) is 6.94. The lowest BCUT2D eigenvalue weighted by Gasteiger charge is -2.22. The van der Waals surface area contributed by atoms with E-state index in [9.17, 15) is 26.4 Å². The number of carbonyl (C=O) groups is 1. The molecule has 1 amide bonds. The number of aromatic nitrogens is 3. The minimum absolute atomic E-state index is 0.0289. The van der Waals surface area contributed by atoms with Crippen LogP contribution in [0.25, 0.3) is 11.3 Å². The molecule has 232 valence electrons. The van der Waals surface area contributed by atoms with Crippen molar-refractivity contribution in [2.75, 3.05) is 23.3 Å². The van der Waals surface area contributed by atoms with Gasteiger partial charge in [-0.2, -0.15) is 13.9 Å². The Labute approximate surface area is 251 Å². The maximum Gasteiger partial charge on any atom is 0.355 e. The van der Waals surface area contributed by atoms with Crippen LogP contribution in [-0.4, -0.2) is 48.5 Å². The van der Waals surface area contributed by atoms with E-state index < -0.39 is 33.6 Å². The van der Waals surface area contributed by atoms with Crippen LogP contribution in [0.4, 0.5) is 30.5 Å². The van der Waals surface area contributed by atoms with E-state index in [-0.39, 0.29) is 34.1 Å². The van der Waals surface area contributed by atoms with Crippen LogP contribution in [0.3, 0.4) is 0 Å². The normalized spacial score (nSPS) is 14.8. The maximum absolute atomic E-state index is 13.4. The summed E-state index contributed by atoms with van der Waals surface area (Å²) in [6.45, 7) is 3.00. The third-order valence-corrected chi connectivity index (χ3v) is 8.10. The van der Waals surface area contributed by atoms with Gasteiger partial charge >= 0.3 is 5.76 Å². The lowest BCUT2D eigenvalue weighted by molar-refractivity contribution is 0.0853. The molecule has 3 heterocycles. The van der Waals surface area contributed by atoms with Crippen LogP contribution in [0.15, 0.2) is 60.8 Å². The number of carbonyl (C=O) groups excluding carboxylic acids is 1. The second-order valence-corrected chi connectivity index (χ2v) is 11.8. The van der Waals surface area contributed by atoms with Gasteiger partial charge in [0.05, 0.1) is 5.69 Å². The van der Waals surface area contributed by atoms with Crippen LogP contribution in [0.1, 0.15) is 53.3 Å². The van der Waals surface area contributed by atoms with E-state index in [1.807, 2.05) is 10.8 Å². The van der Waals surface area contributed by atoms with Crippen LogP contribution in [-0.2, 0) is 14.8 Å². The van der Waals surface area contributed by atoms with Crippen LogP contribution in [0.2, 0.25) is 0 Å². The summed E-state index contributed by atoms with van der Waals surface area (Å²) in [7, 11) is -5.05. The van der Waals surface area contributed by atoms with Gasteiger partial charge in [-0.15, -0.1) is 0 Å². The molecule has 1 aliphatic rings. The molecule has 2 aromatic heterocycles. The predicted octanol–water partition coefficient (Wildman–Crippen LogP) is 5.45. The van der Waals surface area contributed by atoms with Gasteiger partial charge in [-0.1, -0.05) is 24.3 Å². The summed E-state index contributed by atoms with van der Waals surface area (Å²) in [5.41, 5.74) is 7.34. The number of nitrogens with two attached hydrogens (primary N) is 1. The Morgan fingerprint density at radius 2 is 1.84 bits per heavy atom. The van der Waals surface area contributed by atoms with Gasteiger partial charge in [-0.3, -0.25) is 14.6 Å². The van der Waals surface area contributed by atoms with Crippen LogP contribution in [0, 0.1) is 5.82 Å². The highest BCUT2D eigenvalue weighted by atomic mass is 32.2. The second kappa shape index (κ2) is 12.9. The first-order chi connectivity index (χ1) is 21.0. The number of pyridine rings is 1. The average molecular weight is 631 g/mol. The van der Waals surface area contributed by atoms with E-state index in [4.69, 9.17) is 15.2 Å². The molecule has 1 aliphatic heterocycles. The van der Waals surface area contributed by atoms with Crippen molar-refractivity contribution in [3.63, 3.8) is 0 Å². The molecule has 1 atom stereocenters. The number of aromatic amines is 1. The number of halogens is 3. The van der Waals surface area contributed by atoms with Gasteiger partial charge in [0.15, 0.2) is 0 Å². The Balaban J connectivity index is 1.46. The number of alkyl halides is 2.